The zero-order valence-electron chi connectivity index (χ0n) is 9.23. The van der Waals surface area contributed by atoms with Gasteiger partial charge >= 0.3 is 0 Å². The summed E-state index contributed by atoms with van der Waals surface area (Å²) in [5.74, 6) is 1.64. The molecule has 0 saturated carbocycles. The number of morpholine rings is 1. The van der Waals surface area contributed by atoms with Crippen LogP contribution in [0.4, 0.5) is 0 Å². The van der Waals surface area contributed by atoms with Crippen LogP contribution in [0.5, 0.6) is 11.5 Å². The molecule has 1 saturated heterocycles. The molecule has 2 unspecified atom stereocenters. The zero-order chi connectivity index (χ0) is 11.0. The molecule has 2 aliphatic heterocycles. The minimum absolute atomic E-state index is 0.109. The monoisotopic (exact) mass is 221 g/mol. The molecule has 16 heavy (non-hydrogen) atoms. The lowest BCUT2D eigenvalue weighted by Crippen LogP contribution is -2.38. The van der Waals surface area contributed by atoms with Crippen LogP contribution in [-0.2, 0) is 4.74 Å². The van der Waals surface area contributed by atoms with Gasteiger partial charge in [0, 0.05) is 13.1 Å². The van der Waals surface area contributed by atoms with Crippen molar-refractivity contribution in [2.75, 3.05) is 19.9 Å². The van der Waals surface area contributed by atoms with Gasteiger partial charge in [0.25, 0.3) is 0 Å². The van der Waals surface area contributed by atoms with Gasteiger partial charge in [0.2, 0.25) is 6.79 Å². The van der Waals surface area contributed by atoms with E-state index in [4.69, 9.17) is 14.2 Å². The van der Waals surface area contributed by atoms with Crippen LogP contribution in [0.25, 0.3) is 0 Å². The number of benzene rings is 1. The Bertz CT molecular complexity index is 394. The summed E-state index contributed by atoms with van der Waals surface area (Å²) in [7, 11) is 0. The van der Waals surface area contributed by atoms with Crippen LogP contribution in [0.3, 0.4) is 0 Å². The first kappa shape index (κ1) is 9.93. The maximum Gasteiger partial charge on any atom is 0.231 e. The van der Waals surface area contributed by atoms with E-state index in [-0.39, 0.29) is 12.2 Å². The average molecular weight is 221 g/mol. The summed E-state index contributed by atoms with van der Waals surface area (Å²) in [6.07, 6.45) is 0.363. The minimum atomic E-state index is 0.109. The topological polar surface area (TPSA) is 39.7 Å². The molecule has 0 bridgehead atoms. The van der Waals surface area contributed by atoms with Crippen LogP contribution in [0.1, 0.15) is 18.6 Å². The fourth-order valence-corrected chi connectivity index (χ4v) is 2.10. The van der Waals surface area contributed by atoms with Crippen molar-refractivity contribution >= 4 is 0 Å². The molecular formula is C12H15NO3. The van der Waals surface area contributed by atoms with E-state index in [1.807, 2.05) is 18.2 Å². The largest absolute Gasteiger partial charge is 0.454 e. The SMILES string of the molecule is CC1CNCC(c2ccc3c(c2)OCO3)O1. The maximum atomic E-state index is 5.87. The van der Waals surface area contributed by atoms with E-state index >= 15 is 0 Å². The Morgan fingerprint density at radius 3 is 2.94 bits per heavy atom. The molecule has 1 aromatic carbocycles. The predicted molar refractivity (Wildman–Crippen MR) is 58.7 cm³/mol. The summed E-state index contributed by atoms with van der Waals surface area (Å²) in [5, 5.41) is 3.35. The van der Waals surface area contributed by atoms with E-state index < -0.39 is 0 Å². The lowest BCUT2D eigenvalue weighted by molar-refractivity contribution is -0.0287. The summed E-state index contributed by atoms with van der Waals surface area (Å²) in [6, 6.07) is 5.99. The molecule has 86 valence electrons. The number of hydrogen-bond acceptors (Lipinski definition) is 4. The normalized spacial score (nSPS) is 28.1. The van der Waals surface area contributed by atoms with Crippen molar-refractivity contribution in [3.8, 4) is 11.5 Å². The molecule has 0 spiro atoms. The Kier molecular flexibility index (Phi) is 2.46. The van der Waals surface area contributed by atoms with Crippen molar-refractivity contribution in [2.24, 2.45) is 0 Å². The van der Waals surface area contributed by atoms with Crippen molar-refractivity contribution in [3.63, 3.8) is 0 Å². The average Bonchev–Trinajstić information content (AvgIpc) is 2.75. The third kappa shape index (κ3) is 1.74. The molecular weight excluding hydrogens is 206 g/mol. The Hall–Kier alpha value is -1.26. The van der Waals surface area contributed by atoms with Crippen molar-refractivity contribution in [1.82, 2.24) is 5.32 Å². The Balaban J connectivity index is 1.83. The lowest BCUT2D eigenvalue weighted by atomic mass is 10.1. The first-order valence-electron chi connectivity index (χ1n) is 5.58. The van der Waals surface area contributed by atoms with E-state index in [2.05, 4.69) is 12.2 Å². The van der Waals surface area contributed by atoms with Gasteiger partial charge in [0.05, 0.1) is 12.2 Å². The van der Waals surface area contributed by atoms with E-state index in [0.717, 1.165) is 30.2 Å². The fraction of sp³-hybridized carbons (Fsp3) is 0.500. The highest BCUT2D eigenvalue weighted by Gasteiger charge is 2.22. The highest BCUT2D eigenvalue weighted by molar-refractivity contribution is 5.45. The molecule has 0 aromatic heterocycles. The van der Waals surface area contributed by atoms with E-state index in [9.17, 15) is 0 Å². The van der Waals surface area contributed by atoms with Gasteiger partial charge in [-0.3, -0.25) is 0 Å². The van der Waals surface area contributed by atoms with Crippen LogP contribution in [0.15, 0.2) is 18.2 Å². The number of fused-ring (bicyclic) bond motifs is 1. The van der Waals surface area contributed by atoms with Gasteiger partial charge in [0.15, 0.2) is 11.5 Å². The maximum absolute atomic E-state index is 5.87. The molecule has 2 aliphatic rings. The Labute approximate surface area is 94.5 Å². The first-order valence-corrected chi connectivity index (χ1v) is 5.58. The predicted octanol–water partition coefficient (Wildman–Crippen LogP) is 1.46. The van der Waals surface area contributed by atoms with Crippen molar-refractivity contribution in [2.45, 2.75) is 19.1 Å². The van der Waals surface area contributed by atoms with Crippen LogP contribution < -0.4 is 14.8 Å². The van der Waals surface area contributed by atoms with Gasteiger partial charge < -0.3 is 19.5 Å². The molecule has 1 N–H and O–H groups in total. The first-order chi connectivity index (χ1) is 7.83. The summed E-state index contributed by atoms with van der Waals surface area (Å²) < 4.78 is 16.5. The molecule has 0 radical (unpaired) electrons. The van der Waals surface area contributed by atoms with Gasteiger partial charge in [-0.05, 0) is 24.6 Å². The van der Waals surface area contributed by atoms with Crippen molar-refractivity contribution < 1.29 is 14.2 Å². The zero-order valence-corrected chi connectivity index (χ0v) is 9.23. The van der Waals surface area contributed by atoms with E-state index in [1.54, 1.807) is 0 Å². The lowest BCUT2D eigenvalue weighted by Gasteiger charge is -2.29. The third-order valence-electron chi connectivity index (χ3n) is 2.93. The van der Waals surface area contributed by atoms with Crippen molar-refractivity contribution in [3.05, 3.63) is 23.8 Å². The molecule has 4 nitrogen and oxygen atoms in total. The minimum Gasteiger partial charge on any atom is -0.454 e. The molecule has 2 heterocycles. The van der Waals surface area contributed by atoms with Gasteiger partial charge in [-0.15, -0.1) is 0 Å². The summed E-state index contributed by atoms with van der Waals surface area (Å²) in [6.45, 7) is 4.16. The summed E-state index contributed by atoms with van der Waals surface area (Å²) in [4.78, 5) is 0. The van der Waals surface area contributed by atoms with Gasteiger partial charge in [-0.2, -0.15) is 0 Å². The Morgan fingerprint density at radius 2 is 2.06 bits per heavy atom. The van der Waals surface area contributed by atoms with E-state index in [0.29, 0.717) is 6.79 Å². The number of ether oxygens (including phenoxy) is 3. The smallest absolute Gasteiger partial charge is 0.231 e. The van der Waals surface area contributed by atoms with Gasteiger partial charge in [0.1, 0.15) is 0 Å². The third-order valence-corrected chi connectivity index (χ3v) is 2.93. The molecule has 2 atom stereocenters. The standard InChI is InChI=1S/C12H15NO3/c1-8-5-13-6-12(16-8)9-2-3-10-11(4-9)15-7-14-10/h2-4,8,12-13H,5-7H2,1H3. The quantitative estimate of drug-likeness (QED) is 0.779. The molecule has 3 rings (SSSR count). The van der Waals surface area contributed by atoms with Crippen LogP contribution in [0.2, 0.25) is 0 Å². The second kappa shape index (κ2) is 3.96. The summed E-state index contributed by atoms with van der Waals surface area (Å²) >= 11 is 0. The molecule has 4 heteroatoms. The molecule has 0 amide bonds. The molecule has 0 aliphatic carbocycles. The van der Waals surface area contributed by atoms with Crippen LogP contribution >= 0.6 is 0 Å². The second-order valence-electron chi connectivity index (χ2n) is 4.21. The highest BCUT2D eigenvalue weighted by atomic mass is 16.7. The number of rotatable bonds is 1. The van der Waals surface area contributed by atoms with E-state index in [1.165, 1.54) is 0 Å². The van der Waals surface area contributed by atoms with Crippen LogP contribution in [0, 0.1) is 0 Å². The van der Waals surface area contributed by atoms with Gasteiger partial charge in [-0.25, -0.2) is 0 Å². The second-order valence-corrected chi connectivity index (χ2v) is 4.21. The van der Waals surface area contributed by atoms with Crippen molar-refractivity contribution in [1.29, 1.82) is 0 Å². The molecule has 1 fully saturated rings. The Morgan fingerprint density at radius 1 is 1.19 bits per heavy atom. The fourth-order valence-electron chi connectivity index (χ4n) is 2.10. The van der Waals surface area contributed by atoms with Gasteiger partial charge in [-0.1, -0.05) is 6.07 Å². The number of nitrogens with one attached hydrogen (secondary N) is 1. The highest BCUT2D eigenvalue weighted by Crippen LogP contribution is 2.35. The molecule has 1 aromatic rings. The number of hydrogen-bond donors (Lipinski definition) is 1. The van der Waals surface area contributed by atoms with Crippen LogP contribution in [-0.4, -0.2) is 26.0 Å². The summed E-state index contributed by atoms with van der Waals surface area (Å²) in [5.41, 5.74) is 1.14.